The molecule has 4 nitrogen and oxygen atoms in total. The molecule has 0 fully saturated rings. The van der Waals surface area contributed by atoms with E-state index in [1.54, 1.807) is 6.26 Å². The quantitative estimate of drug-likeness (QED) is 0.661. The van der Waals surface area contributed by atoms with E-state index in [1.807, 2.05) is 24.3 Å². The van der Waals surface area contributed by atoms with E-state index in [2.05, 4.69) is 16.9 Å². The van der Waals surface area contributed by atoms with Crippen molar-refractivity contribution in [2.75, 3.05) is 5.73 Å². The Morgan fingerprint density at radius 3 is 3.00 bits per heavy atom. The summed E-state index contributed by atoms with van der Waals surface area (Å²) < 4.78 is 5.40. The summed E-state index contributed by atoms with van der Waals surface area (Å²) in [5.74, 6) is 1.74. The summed E-state index contributed by atoms with van der Waals surface area (Å²) in [6.45, 7) is 2.05. The Morgan fingerprint density at radius 2 is 2.24 bits per heavy atom. The fourth-order valence-electron chi connectivity index (χ4n) is 2.01. The van der Waals surface area contributed by atoms with Crippen molar-refractivity contribution in [3.05, 3.63) is 36.3 Å². The number of furan rings is 1. The maximum absolute atomic E-state index is 5.89. The second-order valence-electron chi connectivity index (χ2n) is 3.94. The third kappa shape index (κ3) is 1.49. The predicted molar refractivity (Wildman–Crippen MR) is 67.6 cm³/mol. The molecule has 0 radical (unpaired) electrons. The zero-order valence-corrected chi connectivity index (χ0v) is 9.53. The summed E-state index contributed by atoms with van der Waals surface area (Å²) in [6.07, 6.45) is 2.53. The van der Waals surface area contributed by atoms with E-state index in [4.69, 9.17) is 10.2 Å². The fourth-order valence-corrected chi connectivity index (χ4v) is 2.01. The minimum atomic E-state index is 0.687. The Labute approximate surface area is 98.5 Å². The highest BCUT2D eigenvalue weighted by Crippen LogP contribution is 2.27. The second-order valence-corrected chi connectivity index (χ2v) is 3.94. The minimum absolute atomic E-state index is 0.687. The van der Waals surface area contributed by atoms with Crippen LogP contribution in [0.2, 0.25) is 0 Å². The van der Waals surface area contributed by atoms with Crippen LogP contribution in [0.25, 0.3) is 22.4 Å². The van der Waals surface area contributed by atoms with Gasteiger partial charge in [-0.2, -0.15) is 0 Å². The number of imidazole rings is 1. The maximum atomic E-state index is 5.89. The van der Waals surface area contributed by atoms with Crippen LogP contribution in [0.4, 0.5) is 5.69 Å². The van der Waals surface area contributed by atoms with Gasteiger partial charge in [0.05, 0.1) is 23.0 Å². The molecule has 4 heteroatoms. The third-order valence-electron chi connectivity index (χ3n) is 2.87. The molecule has 0 bridgehead atoms. The molecule has 2 heterocycles. The number of hydrogen-bond donors (Lipinski definition) is 2. The lowest BCUT2D eigenvalue weighted by molar-refractivity contribution is 0.517. The van der Waals surface area contributed by atoms with Crippen LogP contribution in [0.1, 0.15) is 12.7 Å². The van der Waals surface area contributed by atoms with E-state index in [-0.39, 0.29) is 0 Å². The van der Waals surface area contributed by atoms with Crippen molar-refractivity contribution in [1.29, 1.82) is 0 Å². The van der Waals surface area contributed by atoms with Crippen LogP contribution in [0.5, 0.6) is 0 Å². The maximum Gasteiger partial charge on any atom is 0.142 e. The summed E-state index contributed by atoms with van der Waals surface area (Å²) in [5, 5.41) is 0. The summed E-state index contributed by atoms with van der Waals surface area (Å²) in [4.78, 5) is 7.79. The molecule has 0 aliphatic carbocycles. The molecule has 3 N–H and O–H groups in total. The van der Waals surface area contributed by atoms with Crippen molar-refractivity contribution < 1.29 is 4.42 Å². The number of hydrogen-bond acceptors (Lipinski definition) is 3. The van der Waals surface area contributed by atoms with Crippen molar-refractivity contribution in [2.24, 2.45) is 0 Å². The average Bonchev–Trinajstić information content (AvgIpc) is 2.94. The van der Waals surface area contributed by atoms with Crippen LogP contribution in [0.15, 0.2) is 34.9 Å². The van der Waals surface area contributed by atoms with E-state index < -0.39 is 0 Å². The van der Waals surface area contributed by atoms with E-state index in [0.29, 0.717) is 5.69 Å². The number of aryl methyl sites for hydroxylation is 1. The Balaban J connectivity index is 2.22. The zero-order chi connectivity index (χ0) is 11.8. The Bertz CT molecular complexity index is 666. The van der Waals surface area contributed by atoms with Crippen LogP contribution in [0.3, 0.4) is 0 Å². The fraction of sp³-hybridized carbons (Fsp3) is 0.154. The Hall–Kier alpha value is -2.23. The molecule has 0 atom stereocenters. The van der Waals surface area contributed by atoms with Crippen molar-refractivity contribution >= 4 is 16.7 Å². The number of para-hydroxylation sites is 1. The molecule has 0 spiro atoms. The van der Waals surface area contributed by atoms with Gasteiger partial charge in [0.2, 0.25) is 0 Å². The van der Waals surface area contributed by atoms with Crippen molar-refractivity contribution in [3.8, 4) is 11.4 Å². The van der Waals surface area contributed by atoms with E-state index >= 15 is 0 Å². The summed E-state index contributed by atoms with van der Waals surface area (Å²) in [7, 11) is 0. The van der Waals surface area contributed by atoms with Crippen molar-refractivity contribution in [3.63, 3.8) is 0 Å². The van der Waals surface area contributed by atoms with Gasteiger partial charge in [0.15, 0.2) is 0 Å². The number of aromatic amines is 1. The molecule has 17 heavy (non-hydrogen) atoms. The Kier molecular flexibility index (Phi) is 2.14. The molecule has 3 rings (SSSR count). The average molecular weight is 227 g/mol. The molecule has 0 saturated heterocycles. The van der Waals surface area contributed by atoms with Gasteiger partial charge in [-0.05, 0) is 18.2 Å². The first-order chi connectivity index (χ1) is 8.29. The highest BCUT2D eigenvalue weighted by molar-refractivity contribution is 5.89. The standard InChI is InChI=1S/C13H13N3O/c1-2-11-8(6-7-17-11)13-15-10-5-3-4-9(14)12(10)16-13/h3-7H,2,14H2,1H3,(H,15,16). The number of fused-ring (bicyclic) bond motifs is 1. The number of nitrogen functional groups attached to an aromatic ring is 1. The third-order valence-corrected chi connectivity index (χ3v) is 2.87. The topological polar surface area (TPSA) is 67.8 Å². The van der Waals surface area contributed by atoms with Gasteiger partial charge < -0.3 is 15.1 Å². The van der Waals surface area contributed by atoms with Crippen LogP contribution < -0.4 is 5.73 Å². The largest absolute Gasteiger partial charge is 0.469 e. The molecule has 0 amide bonds. The van der Waals surface area contributed by atoms with Gasteiger partial charge in [-0.25, -0.2) is 4.98 Å². The molecule has 86 valence electrons. The lowest BCUT2D eigenvalue weighted by atomic mass is 10.2. The smallest absolute Gasteiger partial charge is 0.142 e. The minimum Gasteiger partial charge on any atom is -0.469 e. The van der Waals surface area contributed by atoms with Gasteiger partial charge in [-0.3, -0.25) is 0 Å². The summed E-state index contributed by atoms with van der Waals surface area (Å²) in [6, 6.07) is 7.65. The molecular weight excluding hydrogens is 214 g/mol. The van der Waals surface area contributed by atoms with E-state index in [9.17, 15) is 0 Å². The first-order valence-electron chi connectivity index (χ1n) is 5.60. The molecule has 1 aromatic carbocycles. The van der Waals surface area contributed by atoms with Crippen molar-refractivity contribution in [2.45, 2.75) is 13.3 Å². The summed E-state index contributed by atoms with van der Waals surface area (Å²) in [5.41, 5.74) is 9.34. The molecule has 0 aliphatic heterocycles. The number of H-pyrrole nitrogens is 1. The number of rotatable bonds is 2. The number of anilines is 1. The summed E-state index contributed by atoms with van der Waals surface area (Å²) >= 11 is 0. The van der Waals surface area contributed by atoms with Gasteiger partial charge >= 0.3 is 0 Å². The monoisotopic (exact) mass is 227 g/mol. The predicted octanol–water partition coefficient (Wildman–Crippen LogP) is 2.97. The van der Waals surface area contributed by atoms with Gasteiger partial charge in [-0.15, -0.1) is 0 Å². The molecule has 2 aromatic heterocycles. The number of benzene rings is 1. The van der Waals surface area contributed by atoms with Crippen LogP contribution in [-0.4, -0.2) is 9.97 Å². The number of aromatic nitrogens is 2. The molecule has 0 saturated carbocycles. The molecular formula is C13H13N3O. The van der Waals surface area contributed by atoms with Gasteiger partial charge in [-0.1, -0.05) is 13.0 Å². The molecule has 0 aliphatic rings. The highest BCUT2D eigenvalue weighted by atomic mass is 16.3. The lowest BCUT2D eigenvalue weighted by Crippen LogP contribution is -1.85. The van der Waals surface area contributed by atoms with Gasteiger partial charge in [0.1, 0.15) is 17.1 Å². The van der Waals surface area contributed by atoms with Crippen molar-refractivity contribution in [1.82, 2.24) is 9.97 Å². The van der Waals surface area contributed by atoms with E-state index in [0.717, 1.165) is 34.6 Å². The van der Waals surface area contributed by atoms with Gasteiger partial charge in [0, 0.05) is 6.42 Å². The number of nitrogens with one attached hydrogen (secondary N) is 1. The first-order valence-corrected chi connectivity index (χ1v) is 5.60. The zero-order valence-electron chi connectivity index (χ0n) is 9.53. The van der Waals surface area contributed by atoms with Crippen LogP contribution in [-0.2, 0) is 6.42 Å². The highest BCUT2D eigenvalue weighted by Gasteiger charge is 2.12. The normalized spacial score (nSPS) is 11.1. The molecule has 0 unspecified atom stereocenters. The van der Waals surface area contributed by atoms with Crippen LogP contribution in [0, 0.1) is 0 Å². The van der Waals surface area contributed by atoms with Gasteiger partial charge in [0.25, 0.3) is 0 Å². The SMILES string of the molecule is CCc1occc1-c1nc2c(N)cccc2[nH]1. The molecule has 3 aromatic rings. The van der Waals surface area contributed by atoms with E-state index in [1.165, 1.54) is 0 Å². The second kappa shape index (κ2) is 3.66. The first kappa shape index (κ1) is 9.96. The Morgan fingerprint density at radius 1 is 1.35 bits per heavy atom. The number of nitrogens with zero attached hydrogens (tertiary/aromatic N) is 1. The van der Waals surface area contributed by atoms with Crippen LogP contribution >= 0.6 is 0 Å². The number of nitrogens with two attached hydrogens (primary N) is 1. The lowest BCUT2D eigenvalue weighted by Gasteiger charge is -1.94.